The van der Waals surface area contributed by atoms with Crippen LogP contribution >= 0.6 is 31.9 Å². The van der Waals surface area contributed by atoms with Crippen molar-refractivity contribution < 1.29 is 14.7 Å². The lowest BCUT2D eigenvalue weighted by atomic mass is 9.86. The Morgan fingerprint density at radius 2 is 1.80 bits per heavy atom. The average Bonchev–Trinajstić information content (AvgIpc) is 2.39. The Morgan fingerprint density at radius 3 is 2.35 bits per heavy atom. The van der Waals surface area contributed by atoms with Crippen molar-refractivity contribution in [1.82, 2.24) is 5.32 Å². The topological polar surface area (TPSA) is 66.4 Å². The fourth-order valence-electron chi connectivity index (χ4n) is 2.42. The van der Waals surface area contributed by atoms with Crippen molar-refractivity contribution in [1.29, 1.82) is 0 Å². The molecule has 0 atom stereocenters. The quantitative estimate of drug-likeness (QED) is 0.808. The highest BCUT2D eigenvalue weighted by molar-refractivity contribution is 9.11. The van der Waals surface area contributed by atoms with Crippen LogP contribution in [0.15, 0.2) is 27.1 Å². The van der Waals surface area contributed by atoms with Crippen molar-refractivity contribution >= 4 is 43.7 Å². The Morgan fingerprint density at radius 1 is 1.15 bits per heavy atom. The van der Waals surface area contributed by atoms with Crippen molar-refractivity contribution in [3.05, 3.63) is 32.7 Å². The van der Waals surface area contributed by atoms with Crippen LogP contribution in [0.3, 0.4) is 0 Å². The first-order chi connectivity index (χ1) is 9.47. The SMILES string of the molecule is O=C(NC1CCC(C(=O)O)CC1)c1ccc(Br)cc1Br. The first kappa shape index (κ1) is 15.5. The van der Waals surface area contributed by atoms with Crippen LogP contribution in [0.25, 0.3) is 0 Å². The van der Waals surface area contributed by atoms with Crippen molar-refractivity contribution in [2.24, 2.45) is 5.92 Å². The highest BCUT2D eigenvalue weighted by atomic mass is 79.9. The molecular weight excluding hydrogens is 390 g/mol. The summed E-state index contributed by atoms with van der Waals surface area (Å²) in [5.41, 5.74) is 0.591. The van der Waals surface area contributed by atoms with E-state index in [9.17, 15) is 9.59 Å². The smallest absolute Gasteiger partial charge is 0.306 e. The van der Waals surface area contributed by atoms with Crippen molar-refractivity contribution in [2.45, 2.75) is 31.7 Å². The van der Waals surface area contributed by atoms with Crippen LogP contribution in [-0.4, -0.2) is 23.0 Å². The molecule has 1 aliphatic carbocycles. The van der Waals surface area contributed by atoms with Crippen molar-refractivity contribution in [3.8, 4) is 0 Å². The molecule has 0 bridgehead atoms. The summed E-state index contributed by atoms with van der Waals surface area (Å²) in [6, 6.07) is 5.47. The molecule has 0 heterocycles. The molecular formula is C14H15Br2NO3. The van der Waals surface area contributed by atoms with Crippen LogP contribution in [0.1, 0.15) is 36.0 Å². The number of carbonyl (C=O) groups excluding carboxylic acids is 1. The second-order valence-corrected chi connectivity index (χ2v) is 6.75. The first-order valence-electron chi connectivity index (χ1n) is 6.46. The van der Waals surface area contributed by atoms with E-state index in [0.717, 1.165) is 21.8 Å². The molecule has 108 valence electrons. The van der Waals surface area contributed by atoms with Gasteiger partial charge in [0.1, 0.15) is 0 Å². The van der Waals surface area contributed by atoms with Gasteiger partial charge in [0.25, 0.3) is 5.91 Å². The van der Waals surface area contributed by atoms with E-state index in [1.165, 1.54) is 0 Å². The van der Waals surface area contributed by atoms with Gasteiger partial charge in [0, 0.05) is 15.0 Å². The molecule has 20 heavy (non-hydrogen) atoms. The van der Waals surface area contributed by atoms with Crippen LogP contribution < -0.4 is 5.32 Å². The number of nitrogens with one attached hydrogen (secondary N) is 1. The van der Waals surface area contributed by atoms with Crippen LogP contribution in [-0.2, 0) is 4.79 Å². The molecule has 0 spiro atoms. The number of aliphatic carboxylic acids is 1. The second-order valence-electron chi connectivity index (χ2n) is 4.98. The third kappa shape index (κ3) is 3.82. The number of benzene rings is 1. The van der Waals surface area contributed by atoms with Crippen LogP contribution in [0.2, 0.25) is 0 Å². The summed E-state index contributed by atoms with van der Waals surface area (Å²) in [4.78, 5) is 23.1. The minimum Gasteiger partial charge on any atom is -0.481 e. The third-order valence-corrected chi connectivity index (χ3v) is 4.74. The molecule has 4 nitrogen and oxygen atoms in total. The molecule has 2 rings (SSSR count). The molecule has 0 saturated heterocycles. The highest BCUT2D eigenvalue weighted by Crippen LogP contribution is 2.26. The van der Waals surface area contributed by atoms with Gasteiger partial charge in [-0.3, -0.25) is 9.59 Å². The molecule has 0 radical (unpaired) electrons. The lowest BCUT2D eigenvalue weighted by Crippen LogP contribution is -2.38. The van der Waals surface area contributed by atoms with E-state index in [0.29, 0.717) is 18.4 Å². The maximum absolute atomic E-state index is 12.2. The lowest BCUT2D eigenvalue weighted by Gasteiger charge is -2.27. The van der Waals surface area contributed by atoms with Crippen molar-refractivity contribution in [3.63, 3.8) is 0 Å². The van der Waals surface area contributed by atoms with Gasteiger partial charge < -0.3 is 10.4 Å². The summed E-state index contributed by atoms with van der Waals surface area (Å²) in [6.45, 7) is 0. The number of rotatable bonds is 3. The van der Waals surface area contributed by atoms with E-state index in [4.69, 9.17) is 5.11 Å². The summed E-state index contributed by atoms with van der Waals surface area (Å²) in [7, 11) is 0. The number of carboxylic acids is 1. The number of carboxylic acid groups (broad SMARTS) is 1. The van der Waals surface area contributed by atoms with Gasteiger partial charge in [0.2, 0.25) is 0 Å². The number of hydrogen-bond donors (Lipinski definition) is 2. The molecule has 2 N–H and O–H groups in total. The Balaban J connectivity index is 1.94. The van der Waals surface area contributed by atoms with E-state index in [1.54, 1.807) is 6.07 Å². The van der Waals surface area contributed by atoms with Gasteiger partial charge in [-0.15, -0.1) is 0 Å². The van der Waals surface area contributed by atoms with E-state index in [1.807, 2.05) is 12.1 Å². The van der Waals surface area contributed by atoms with Gasteiger partial charge in [-0.2, -0.15) is 0 Å². The summed E-state index contributed by atoms with van der Waals surface area (Å²) < 4.78 is 1.64. The fourth-order valence-corrected chi connectivity index (χ4v) is 3.65. The Hall–Kier alpha value is -0.880. The molecule has 1 fully saturated rings. The number of hydrogen-bond acceptors (Lipinski definition) is 2. The van der Waals surface area contributed by atoms with Gasteiger partial charge in [-0.1, -0.05) is 15.9 Å². The molecule has 1 saturated carbocycles. The monoisotopic (exact) mass is 403 g/mol. The van der Waals surface area contributed by atoms with Gasteiger partial charge in [0.05, 0.1) is 11.5 Å². The molecule has 0 unspecified atom stereocenters. The van der Waals surface area contributed by atoms with Gasteiger partial charge in [-0.05, 0) is 59.8 Å². The number of halogens is 2. The summed E-state index contributed by atoms with van der Waals surface area (Å²) in [5.74, 6) is -1.11. The Bertz CT molecular complexity index is 525. The molecule has 1 aliphatic rings. The maximum Gasteiger partial charge on any atom is 0.306 e. The van der Waals surface area contributed by atoms with Crippen molar-refractivity contribution in [2.75, 3.05) is 0 Å². The predicted molar refractivity (Wildman–Crippen MR) is 82.7 cm³/mol. The van der Waals surface area contributed by atoms with Gasteiger partial charge >= 0.3 is 5.97 Å². The molecule has 0 aromatic heterocycles. The van der Waals surface area contributed by atoms with Crippen LogP contribution in [0.4, 0.5) is 0 Å². The van der Waals surface area contributed by atoms with Gasteiger partial charge in [0.15, 0.2) is 0 Å². The number of amides is 1. The second kappa shape index (κ2) is 6.72. The van der Waals surface area contributed by atoms with E-state index in [-0.39, 0.29) is 17.9 Å². The zero-order valence-electron chi connectivity index (χ0n) is 10.7. The molecule has 1 aromatic rings. The van der Waals surface area contributed by atoms with E-state index >= 15 is 0 Å². The summed E-state index contributed by atoms with van der Waals surface area (Å²) >= 11 is 6.72. The zero-order valence-corrected chi connectivity index (χ0v) is 13.9. The fraction of sp³-hybridized carbons (Fsp3) is 0.429. The maximum atomic E-state index is 12.2. The minimum absolute atomic E-state index is 0.0636. The minimum atomic E-state index is -0.731. The van der Waals surface area contributed by atoms with E-state index in [2.05, 4.69) is 37.2 Å². The van der Waals surface area contributed by atoms with Crippen LogP contribution in [0, 0.1) is 5.92 Å². The van der Waals surface area contributed by atoms with Gasteiger partial charge in [-0.25, -0.2) is 0 Å². The summed E-state index contributed by atoms with van der Waals surface area (Å²) in [6.07, 6.45) is 2.69. The normalized spacial score (nSPS) is 22.3. The van der Waals surface area contributed by atoms with Crippen LogP contribution in [0.5, 0.6) is 0 Å². The number of carbonyl (C=O) groups is 2. The summed E-state index contributed by atoms with van der Waals surface area (Å²) in [5, 5.41) is 11.9. The standard InChI is InChI=1S/C14H15Br2NO3/c15-9-3-6-11(12(16)7-9)13(18)17-10-4-1-8(2-5-10)14(19)20/h3,6-8,10H,1-2,4-5H2,(H,17,18)(H,19,20). The predicted octanol–water partition coefficient (Wildman–Crippen LogP) is 3.58. The average molecular weight is 405 g/mol. The Kier molecular flexibility index (Phi) is 5.21. The molecule has 0 aliphatic heterocycles. The molecule has 6 heteroatoms. The largest absolute Gasteiger partial charge is 0.481 e. The molecule has 1 amide bonds. The Labute approximate surface area is 134 Å². The first-order valence-corrected chi connectivity index (χ1v) is 8.04. The zero-order chi connectivity index (χ0) is 14.7. The lowest BCUT2D eigenvalue weighted by molar-refractivity contribution is -0.142. The van der Waals surface area contributed by atoms with E-state index < -0.39 is 5.97 Å². The molecule has 1 aromatic carbocycles. The third-order valence-electron chi connectivity index (χ3n) is 3.59. The highest BCUT2D eigenvalue weighted by Gasteiger charge is 2.27.